The van der Waals surface area contributed by atoms with Crippen LogP contribution in [0, 0.1) is 0 Å². The Morgan fingerprint density at radius 3 is 2.55 bits per heavy atom. The van der Waals surface area contributed by atoms with Crippen LogP contribution in [0.1, 0.15) is 0 Å². The van der Waals surface area contributed by atoms with Crippen LogP contribution in [0.3, 0.4) is 0 Å². The first-order chi connectivity index (χ1) is 5.04. The molecule has 0 fully saturated rings. The number of nitrogens with one attached hydrogen (secondary N) is 1. The normalized spacial score (nSPS) is 12.1. The van der Waals surface area contributed by atoms with E-state index >= 15 is 0 Å². The van der Waals surface area contributed by atoms with Crippen LogP contribution in [0.4, 0.5) is 4.79 Å². The van der Waals surface area contributed by atoms with E-state index in [0.717, 1.165) is 0 Å². The van der Waals surface area contributed by atoms with Crippen LogP contribution in [0.15, 0.2) is 0 Å². The maximum Gasteiger partial charge on any atom is 0.336 e. The fourth-order valence-corrected chi connectivity index (χ4v) is 0.274. The van der Waals surface area contributed by atoms with Crippen LogP contribution in [0.5, 0.6) is 0 Å². The van der Waals surface area contributed by atoms with Crippen molar-refractivity contribution in [2.24, 2.45) is 11.5 Å². The van der Waals surface area contributed by atoms with E-state index in [4.69, 9.17) is 10.8 Å². The van der Waals surface area contributed by atoms with E-state index in [1.165, 1.54) is 0 Å². The largest absolute Gasteiger partial charge is 0.480 e. The van der Waals surface area contributed by atoms with Gasteiger partial charge in [0.1, 0.15) is 12.6 Å². The molecule has 0 radical (unpaired) electrons. The van der Waals surface area contributed by atoms with Gasteiger partial charge in [0.15, 0.2) is 0 Å². The van der Waals surface area contributed by atoms with E-state index < -0.39 is 18.0 Å². The molecule has 0 saturated carbocycles. The highest BCUT2D eigenvalue weighted by Gasteiger charge is 2.11. The molecule has 11 heavy (non-hydrogen) atoms. The fraction of sp³-hybridized carbons (Fsp3) is 0.500. The molecule has 0 rings (SSSR count). The van der Waals surface area contributed by atoms with Gasteiger partial charge in [-0.15, -0.1) is 0 Å². The minimum absolute atomic E-state index is 0.321. The molecule has 2 amide bonds. The number of amides is 2. The van der Waals surface area contributed by atoms with Crippen molar-refractivity contribution < 1.29 is 19.5 Å². The van der Waals surface area contributed by atoms with Gasteiger partial charge in [-0.05, 0) is 0 Å². The maximum absolute atomic E-state index is 10.0. The van der Waals surface area contributed by atoms with Crippen LogP contribution in [0.2, 0.25) is 0 Å². The Kier molecular flexibility index (Phi) is 3.93. The number of aliphatic carboxylic acids is 1. The van der Waals surface area contributed by atoms with E-state index in [-0.39, 0.29) is 6.61 Å². The molecule has 0 aromatic rings. The molecule has 0 spiro atoms. The lowest BCUT2D eigenvalue weighted by Crippen LogP contribution is -2.39. The van der Waals surface area contributed by atoms with Gasteiger partial charge in [0.25, 0.3) is 0 Å². The third-order valence-corrected chi connectivity index (χ3v) is 0.753. The van der Waals surface area contributed by atoms with Gasteiger partial charge in [-0.3, -0.25) is 9.63 Å². The number of hydrogen-bond donors (Lipinski definition) is 4. The molecule has 7 heteroatoms. The van der Waals surface area contributed by atoms with Crippen molar-refractivity contribution in [1.82, 2.24) is 5.48 Å². The number of hydrogen-bond acceptors (Lipinski definition) is 4. The van der Waals surface area contributed by atoms with Crippen LogP contribution in [-0.2, 0) is 9.63 Å². The van der Waals surface area contributed by atoms with Crippen molar-refractivity contribution in [3.8, 4) is 0 Å². The minimum Gasteiger partial charge on any atom is -0.480 e. The fourth-order valence-electron chi connectivity index (χ4n) is 0.274. The average molecular weight is 163 g/mol. The SMILES string of the molecule is NC(=O)NOC[C@H](N)C(=O)O. The molecule has 0 unspecified atom stereocenters. The smallest absolute Gasteiger partial charge is 0.336 e. The van der Waals surface area contributed by atoms with Crippen molar-refractivity contribution >= 4 is 12.0 Å². The zero-order valence-electron chi connectivity index (χ0n) is 5.61. The van der Waals surface area contributed by atoms with Crippen molar-refractivity contribution in [1.29, 1.82) is 0 Å². The second-order valence-corrected chi connectivity index (χ2v) is 1.72. The summed E-state index contributed by atoms with van der Waals surface area (Å²) in [7, 11) is 0. The van der Waals surface area contributed by atoms with E-state index in [1.54, 1.807) is 5.48 Å². The highest BCUT2D eigenvalue weighted by molar-refractivity contribution is 5.73. The molecule has 1 atom stereocenters. The van der Waals surface area contributed by atoms with Crippen molar-refractivity contribution in [3.63, 3.8) is 0 Å². The number of rotatable bonds is 4. The third-order valence-electron chi connectivity index (χ3n) is 0.753. The number of nitrogens with two attached hydrogens (primary N) is 2. The van der Waals surface area contributed by atoms with Gasteiger partial charge in [-0.2, -0.15) is 0 Å². The maximum atomic E-state index is 10.0. The number of carboxylic acid groups (broad SMARTS) is 1. The Bertz CT molecular complexity index is 159. The first-order valence-electron chi connectivity index (χ1n) is 2.69. The van der Waals surface area contributed by atoms with Gasteiger partial charge in [-0.1, -0.05) is 0 Å². The molecule has 0 heterocycles. The van der Waals surface area contributed by atoms with Crippen LogP contribution < -0.4 is 16.9 Å². The standard InChI is InChI=1S/C4H9N3O4/c5-2(3(8)9)1-11-7-4(6)10/h2H,1,5H2,(H,8,9)(H3,6,7,10)/t2-/m0/s1. The van der Waals surface area contributed by atoms with Gasteiger partial charge in [-0.25, -0.2) is 10.3 Å². The summed E-state index contributed by atoms with van der Waals surface area (Å²) < 4.78 is 0. The Hall–Kier alpha value is -1.34. The molecular weight excluding hydrogens is 154 g/mol. The molecule has 0 aromatic carbocycles. The summed E-state index contributed by atoms with van der Waals surface area (Å²) in [4.78, 5) is 24.3. The Balaban J connectivity index is 3.39. The first-order valence-corrected chi connectivity index (χ1v) is 2.69. The lowest BCUT2D eigenvalue weighted by molar-refractivity contribution is -0.140. The molecule has 0 aliphatic heterocycles. The van der Waals surface area contributed by atoms with E-state index in [2.05, 4.69) is 10.6 Å². The van der Waals surface area contributed by atoms with Gasteiger partial charge in [0, 0.05) is 0 Å². The summed E-state index contributed by atoms with van der Waals surface area (Å²) in [5.74, 6) is -1.21. The molecule has 0 bridgehead atoms. The number of carbonyl (C=O) groups excluding carboxylic acids is 1. The Labute approximate surface area is 62.2 Å². The van der Waals surface area contributed by atoms with Crippen molar-refractivity contribution in [2.75, 3.05) is 6.61 Å². The summed E-state index contributed by atoms with van der Waals surface area (Å²) >= 11 is 0. The predicted molar refractivity (Wildman–Crippen MR) is 34.3 cm³/mol. The summed E-state index contributed by atoms with van der Waals surface area (Å²) in [6.45, 7) is -0.321. The van der Waals surface area contributed by atoms with Crippen LogP contribution in [-0.4, -0.2) is 29.8 Å². The quantitative estimate of drug-likeness (QED) is 0.356. The lowest BCUT2D eigenvalue weighted by Gasteiger charge is -2.05. The molecule has 64 valence electrons. The monoisotopic (exact) mass is 163 g/mol. The molecule has 6 N–H and O–H groups in total. The number of hydroxylamine groups is 1. The lowest BCUT2D eigenvalue weighted by atomic mass is 10.3. The van der Waals surface area contributed by atoms with Gasteiger partial charge in [0.2, 0.25) is 0 Å². The summed E-state index contributed by atoms with van der Waals surface area (Å²) in [5.41, 5.74) is 11.3. The highest BCUT2D eigenvalue weighted by Crippen LogP contribution is 1.78. The molecule has 7 nitrogen and oxygen atoms in total. The molecule has 0 aromatic heterocycles. The number of carboxylic acids is 1. The van der Waals surface area contributed by atoms with Gasteiger partial charge in [0.05, 0.1) is 0 Å². The van der Waals surface area contributed by atoms with Crippen LogP contribution >= 0.6 is 0 Å². The first kappa shape index (κ1) is 9.66. The second kappa shape index (κ2) is 4.47. The van der Waals surface area contributed by atoms with Crippen LogP contribution in [0.25, 0.3) is 0 Å². The Morgan fingerprint density at radius 1 is 1.64 bits per heavy atom. The van der Waals surface area contributed by atoms with E-state index in [0.29, 0.717) is 0 Å². The van der Waals surface area contributed by atoms with Crippen molar-refractivity contribution in [2.45, 2.75) is 6.04 Å². The Morgan fingerprint density at radius 2 is 2.18 bits per heavy atom. The molecule has 0 saturated heterocycles. The third kappa shape index (κ3) is 5.12. The molecular formula is C4H9N3O4. The number of primary amides is 1. The van der Waals surface area contributed by atoms with E-state index in [9.17, 15) is 9.59 Å². The molecule has 0 aliphatic carbocycles. The summed E-state index contributed by atoms with van der Waals surface area (Å²) in [6, 6.07) is -2.07. The molecule has 0 aliphatic rings. The number of carbonyl (C=O) groups is 2. The summed E-state index contributed by atoms with van der Waals surface area (Å²) in [6.07, 6.45) is 0. The summed E-state index contributed by atoms with van der Waals surface area (Å²) in [5, 5.41) is 8.20. The minimum atomic E-state index is -1.21. The van der Waals surface area contributed by atoms with Gasteiger partial charge < -0.3 is 16.6 Å². The second-order valence-electron chi connectivity index (χ2n) is 1.72. The zero-order valence-corrected chi connectivity index (χ0v) is 5.61. The predicted octanol–water partition coefficient (Wildman–Crippen LogP) is -2.00. The highest BCUT2D eigenvalue weighted by atomic mass is 16.7. The average Bonchev–Trinajstić information content (AvgIpc) is 1.86. The topological polar surface area (TPSA) is 128 Å². The zero-order chi connectivity index (χ0) is 8.85. The van der Waals surface area contributed by atoms with Gasteiger partial charge >= 0.3 is 12.0 Å². The number of urea groups is 1. The van der Waals surface area contributed by atoms with Crippen molar-refractivity contribution in [3.05, 3.63) is 0 Å². The van der Waals surface area contributed by atoms with E-state index in [1.807, 2.05) is 0 Å².